The Kier molecular flexibility index (Phi) is 4.67. The molecule has 5 heteroatoms. The third-order valence-electron chi connectivity index (χ3n) is 4.47. The van der Waals surface area contributed by atoms with Crippen molar-refractivity contribution in [2.45, 2.75) is 18.6 Å². The molecular weight excluding hydrogens is 350 g/mol. The maximum Gasteiger partial charge on any atom is 0.415 e. The second-order valence-electron chi connectivity index (χ2n) is 6.21. The minimum Gasteiger partial charge on any atom is -0.486 e. The number of amides is 1. The van der Waals surface area contributed by atoms with E-state index >= 15 is 0 Å². The van der Waals surface area contributed by atoms with Gasteiger partial charge in [0.2, 0.25) is 0 Å². The van der Waals surface area contributed by atoms with Gasteiger partial charge in [0.15, 0.2) is 0 Å². The number of rotatable bonds is 4. The van der Waals surface area contributed by atoms with Gasteiger partial charge in [0.05, 0.1) is 6.04 Å². The molecule has 0 spiro atoms. The summed E-state index contributed by atoms with van der Waals surface area (Å²) in [5.41, 5.74) is 1.84. The van der Waals surface area contributed by atoms with Gasteiger partial charge >= 0.3 is 6.09 Å². The fourth-order valence-electron chi connectivity index (χ4n) is 3.15. The summed E-state index contributed by atoms with van der Waals surface area (Å²) in [6.07, 6.45) is 6.10. The molecule has 4 rings (SSSR count). The Bertz CT molecular complexity index is 845. The fourth-order valence-corrected chi connectivity index (χ4v) is 3.31. The largest absolute Gasteiger partial charge is 0.486 e. The highest BCUT2D eigenvalue weighted by Gasteiger charge is 2.35. The molecule has 2 aliphatic rings. The van der Waals surface area contributed by atoms with Gasteiger partial charge in [-0.2, -0.15) is 0 Å². The van der Waals surface area contributed by atoms with Gasteiger partial charge in [-0.1, -0.05) is 48.0 Å². The van der Waals surface area contributed by atoms with Crippen LogP contribution in [0.2, 0.25) is 0 Å². The summed E-state index contributed by atoms with van der Waals surface area (Å²) in [6.45, 7) is 0.348. The number of hydrogen-bond donors (Lipinski definition) is 0. The minimum absolute atomic E-state index is 0.0304. The number of anilines is 1. The Balaban J connectivity index is 1.50. The van der Waals surface area contributed by atoms with E-state index in [2.05, 4.69) is 0 Å². The number of ether oxygens (including phenoxy) is 2. The van der Waals surface area contributed by atoms with Crippen molar-refractivity contribution in [3.8, 4) is 5.75 Å². The summed E-state index contributed by atoms with van der Waals surface area (Å²) in [7, 11) is 0. The quantitative estimate of drug-likeness (QED) is 0.744. The van der Waals surface area contributed by atoms with Crippen LogP contribution in [-0.2, 0) is 4.74 Å². The number of benzene rings is 2. The average molecular weight is 368 g/mol. The molecule has 1 aliphatic heterocycles. The van der Waals surface area contributed by atoms with Crippen molar-refractivity contribution < 1.29 is 14.3 Å². The first-order valence-electron chi connectivity index (χ1n) is 8.52. The van der Waals surface area contributed by atoms with Crippen molar-refractivity contribution in [2.24, 2.45) is 0 Å². The highest BCUT2D eigenvalue weighted by molar-refractivity contribution is 6.31. The Morgan fingerprint density at radius 2 is 1.85 bits per heavy atom. The van der Waals surface area contributed by atoms with Crippen molar-refractivity contribution in [1.29, 1.82) is 0 Å². The molecule has 1 fully saturated rings. The Hall–Kier alpha value is -2.72. The van der Waals surface area contributed by atoms with Crippen LogP contribution in [0.5, 0.6) is 5.75 Å². The predicted octanol–water partition coefficient (Wildman–Crippen LogP) is 5.21. The zero-order valence-corrected chi connectivity index (χ0v) is 14.8. The van der Waals surface area contributed by atoms with E-state index in [4.69, 9.17) is 21.1 Å². The van der Waals surface area contributed by atoms with Crippen LogP contribution in [0.3, 0.4) is 0 Å². The van der Waals surface area contributed by atoms with E-state index < -0.39 is 0 Å². The van der Waals surface area contributed by atoms with Crippen molar-refractivity contribution in [3.63, 3.8) is 0 Å². The number of halogens is 1. The zero-order valence-electron chi connectivity index (χ0n) is 14.0. The Labute approximate surface area is 157 Å². The summed E-state index contributed by atoms with van der Waals surface area (Å²) in [5.74, 6) is 0.749. The monoisotopic (exact) mass is 367 g/mol. The van der Waals surface area contributed by atoms with E-state index in [0.717, 1.165) is 28.5 Å². The standard InChI is InChI=1S/C21H18ClNO3/c22-16-6-10-18(11-7-16)26-19-12-8-17(9-13-19)23-20(14-25-21(23)24)15-4-2-1-3-5-15/h1-10,12-13,18,20H,11,14H2/t18?,20-/m1/s1. The summed E-state index contributed by atoms with van der Waals surface area (Å²) < 4.78 is 11.2. The summed E-state index contributed by atoms with van der Waals surface area (Å²) >= 11 is 5.93. The van der Waals surface area contributed by atoms with Gasteiger partial charge in [0.1, 0.15) is 18.5 Å². The van der Waals surface area contributed by atoms with Crippen molar-refractivity contribution in [3.05, 3.63) is 83.4 Å². The predicted molar refractivity (Wildman–Crippen MR) is 102 cm³/mol. The summed E-state index contributed by atoms with van der Waals surface area (Å²) in [6, 6.07) is 17.3. The Morgan fingerprint density at radius 3 is 2.54 bits per heavy atom. The molecule has 2 aromatic rings. The molecule has 1 heterocycles. The lowest BCUT2D eigenvalue weighted by Gasteiger charge is -2.22. The van der Waals surface area contributed by atoms with Gasteiger partial charge in [0, 0.05) is 17.1 Å². The molecule has 1 amide bonds. The molecule has 2 atom stereocenters. The normalized spacial score (nSPS) is 22.1. The van der Waals surface area contributed by atoms with Gasteiger partial charge in [-0.3, -0.25) is 4.90 Å². The van der Waals surface area contributed by atoms with Crippen LogP contribution in [0.1, 0.15) is 18.0 Å². The van der Waals surface area contributed by atoms with Gasteiger partial charge in [-0.15, -0.1) is 0 Å². The van der Waals surface area contributed by atoms with Crippen molar-refractivity contribution in [2.75, 3.05) is 11.5 Å². The zero-order chi connectivity index (χ0) is 17.9. The SMILES string of the molecule is O=C1OC[C@H](c2ccccc2)N1c1ccc(OC2C=CC(Cl)=CC2)cc1. The van der Waals surface area contributed by atoms with E-state index in [1.54, 1.807) is 4.90 Å². The van der Waals surface area contributed by atoms with Gasteiger partial charge in [0.25, 0.3) is 0 Å². The van der Waals surface area contributed by atoms with E-state index in [1.807, 2.05) is 72.8 Å². The van der Waals surface area contributed by atoms with Crippen LogP contribution in [0.15, 0.2) is 77.9 Å². The summed E-state index contributed by atoms with van der Waals surface area (Å²) in [5, 5.41) is 0.736. The number of cyclic esters (lactones) is 1. The number of nitrogens with zero attached hydrogens (tertiary/aromatic N) is 1. The molecule has 1 saturated heterocycles. The number of hydrogen-bond acceptors (Lipinski definition) is 3. The average Bonchev–Trinajstić information content (AvgIpc) is 3.06. The lowest BCUT2D eigenvalue weighted by molar-refractivity contribution is 0.179. The molecular formula is C21H18ClNO3. The third-order valence-corrected chi connectivity index (χ3v) is 4.76. The molecule has 0 bridgehead atoms. The molecule has 0 aromatic heterocycles. The van der Waals surface area contributed by atoms with E-state index in [-0.39, 0.29) is 18.2 Å². The van der Waals surface area contributed by atoms with Crippen molar-refractivity contribution >= 4 is 23.4 Å². The maximum absolute atomic E-state index is 12.2. The molecule has 1 aliphatic carbocycles. The molecule has 26 heavy (non-hydrogen) atoms. The third kappa shape index (κ3) is 3.46. The number of carbonyl (C=O) groups excluding carboxylic acids is 1. The second-order valence-corrected chi connectivity index (χ2v) is 6.64. The minimum atomic E-state index is -0.331. The highest BCUT2D eigenvalue weighted by atomic mass is 35.5. The van der Waals surface area contributed by atoms with Crippen LogP contribution in [0.25, 0.3) is 0 Å². The molecule has 0 radical (unpaired) electrons. The van der Waals surface area contributed by atoms with E-state index in [1.165, 1.54) is 0 Å². The molecule has 1 unspecified atom stereocenters. The van der Waals surface area contributed by atoms with E-state index in [9.17, 15) is 4.79 Å². The maximum atomic E-state index is 12.2. The second kappa shape index (κ2) is 7.26. The van der Waals surface area contributed by atoms with Crippen molar-refractivity contribution in [1.82, 2.24) is 0 Å². The molecule has 2 aromatic carbocycles. The lowest BCUT2D eigenvalue weighted by Crippen LogP contribution is -2.27. The van der Waals surface area contributed by atoms with Crippen LogP contribution >= 0.6 is 11.6 Å². The van der Waals surface area contributed by atoms with Crippen LogP contribution in [0.4, 0.5) is 10.5 Å². The van der Waals surface area contributed by atoms with Gasteiger partial charge in [-0.25, -0.2) is 4.79 Å². The van der Waals surface area contributed by atoms with Crippen LogP contribution < -0.4 is 9.64 Å². The molecule has 0 saturated carbocycles. The molecule has 0 N–H and O–H groups in total. The number of allylic oxidation sites excluding steroid dienone is 2. The van der Waals surface area contributed by atoms with Crippen LogP contribution in [-0.4, -0.2) is 18.8 Å². The van der Waals surface area contributed by atoms with E-state index in [0.29, 0.717) is 6.61 Å². The fraction of sp³-hybridized carbons (Fsp3) is 0.190. The Morgan fingerprint density at radius 1 is 1.08 bits per heavy atom. The van der Waals surface area contributed by atoms with Gasteiger partial charge in [-0.05, 0) is 42.0 Å². The first-order valence-corrected chi connectivity index (χ1v) is 8.90. The first kappa shape index (κ1) is 16.7. The smallest absolute Gasteiger partial charge is 0.415 e. The lowest BCUT2D eigenvalue weighted by atomic mass is 10.1. The number of carbonyl (C=O) groups is 1. The molecule has 4 nitrogen and oxygen atoms in total. The van der Waals surface area contributed by atoms with Gasteiger partial charge < -0.3 is 9.47 Å². The summed E-state index contributed by atoms with van der Waals surface area (Å²) in [4.78, 5) is 13.9. The van der Waals surface area contributed by atoms with Crippen LogP contribution in [0, 0.1) is 0 Å². The highest BCUT2D eigenvalue weighted by Crippen LogP contribution is 2.34. The molecule has 132 valence electrons. The topological polar surface area (TPSA) is 38.8 Å². The first-order chi connectivity index (χ1) is 12.7.